The highest BCUT2D eigenvalue weighted by molar-refractivity contribution is 9.10. The first-order valence-corrected chi connectivity index (χ1v) is 7.20. The fourth-order valence-electron chi connectivity index (χ4n) is 1.73. The third-order valence-corrected chi connectivity index (χ3v) is 3.17. The van der Waals surface area contributed by atoms with E-state index >= 15 is 0 Å². The normalized spacial score (nSPS) is 13.8. The van der Waals surface area contributed by atoms with Crippen LogP contribution in [0.25, 0.3) is 0 Å². The summed E-state index contributed by atoms with van der Waals surface area (Å²) < 4.78 is 42.1. The lowest BCUT2D eigenvalue weighted by Crippen LogP contribution is -2.31. The van der Waals surface area contributed by atoms with E-state index in [9.17, 15) is 13.2 Å². The summed E-state index contributed by atoms with van der Waals surface area (Å²) in [5.41, 5.74) is 0.953. The molecule has 114 valence electrons. The predicted octanol–water partition coefficient (Wildman–Crippen LogP) is 4.11. The first-order valence-electron chi connectivity index (χ1n) is 6.41. The van der Waals surface area contributed by atoms with Gasteiger partial charge >= 0.3 is 6.18 Å². The van der Waals surface area contributed by atoms with Crippen LogP contribution in [-0.4, -0.2) is 32.0 Å². The van der Waals surface area contributed by atoms with E-state index in [4.69, 9.17) is 4.74 Å². The monoisotopic (exact) mass is 353 g/mol. The molecule has 2 nitrogen and oxygen atoms in total. The van der Waals surface area contributed by atoms with Crippen molar-refractivity contribution in [2.75, 3.05) is 19.8 Å². The minimum Gasteiger partial charge on any atom is -0.371 e. The summed E-state index contributed by atoms with van der Waals surface area (Å²) >= 11 is 3.37. The molecule has 1 N–H and O–H groups in total. The average molecular weight is 354 g/mol. The van der Waals surface area contributed by atoms with Crippen molar-refractivity contribution < 1.29 is 17.9 Å². The van der Waals surface area contributed by atoms with Gasteiger partial charge in [-0.15, -0.1) is 0 Å². The second kappa shape index (κ2) is 8.00. The SMILES string of the molecule is CC(C)NCC(COCC(F)(F)F)c1cccc(Br)c1. The van der Waals surface area contributed by atoms with Crippen molar-refractivity contribution in [3.8, 4) is 0 Å². The molecule has 1 unspecified atom stereocenters. The van der Waals surface area contributed by atoms with Crippen LogP contribution < -0.4 is 5.32 Å². The summed E-state index contributed by atoms with van der Waals surface area (Å²) in [6, 6.07) is 7.82. The van der Waals surface area contributed by atoms with Gasteiger partial charge in [0.05, 0.1) is 6.61 Å². The molecule has 0 fully saturated rings. The molecule has 0 aliphatic carbocycles. The molecule has 1 atom stereocenters. The van der Waals surface area contributed by atoms with Crippen molar-refractivity contribution in [2.45, 2.75) is 32.0 Å². The fraction of sp³-hybridized carbons (Fsp3) is 0.571. The van der Waals surface area contributed by atoms with Gasteiger partial charge in [-0.05, 0) is 17.7 Å². The van der Waals surface area contributed by atoms with Gasteiger partial charge in [0, 0.05) is 23.0 Å². The Morgan fingerprint density at radius 2 is 2.00 bits per heavy atom. The molecule has 1 aromatic rings. The van der Waals surface area contributed by atoms with Gasteiger partial charge < -0.3 is 10.1 Å². The largest absolute Gasteiger partial charge is 0.411 e. The molecule has 0 spiro atoms. The zero-order valence-electron chi connectivity index (χ0n) is 11.5. The van der Waals surface area contributed by atoms with Crippen LogP contribution in [0.4, 0.5) is 13.2 Å². The molecule has 1 rings (SSSR count). The van der Waals surface area contributed by atoms with E-state index in [-0.39, 0.29) is 18.6 Å². The summed E-state index contributed by atoms with van der Waals surface area (Å²) in [7, 11) is 0. The molecule has 0 bridgehead atoms. The zero-order valence-corrected chi connectivity index (χ0v) is 13.1. The molecule has 0 aliphatic heterocycles. The van der Waals surface area contributed by atoms with Crippen molar-refractivity contribution in [1.29, 1.82) is 0 Å². The minimum absolute atomic E-state index is 0.0374. The Morgan fingerprint density at radius 1 is 1.30 bits per heavy atom. The first-order chi connectivity index (χ1) is 9.28. The molecule has 0 aromatic heterocycles. The lowest BCUT2D eigenvalue weighted by Gasteiger charge is -2.20. The Hall–Kier alpha value is -0.590. The average Bonchev–Trinajstić information content (AvgIpc) is 2.31. The van der Waals surface area contributed by atoms with Crippen LogP contribution in [0.2, 0.25) is 0 Å². The number of alkyl halides is 3. The van der Waals surface area contributed by atoms with Gasteiger partial charge in [-0.2, -0.15) is 13.2 Å². The Morgan fingerprint density at radius 3 is 2.55 bits per heavy atom. The molecule has 0 saturated carbocycles. The number of benzene rings is 1. The summed E-state index contributed by atoms with van der Waals surface area (Å²) in [5.74, 6) is -0.114. The summed E-state index contributed by atoms with van der Waals surface area (Å²) in [4.78, 5) is 0. The van der Waals surface area contributed by atoms with Crippen molar-refractivity contribution in [2.24, 2.45) is 0 Å². The van der Waals surface area contributed by atoms with Crippen LogP contribution in [0.3, 0.4) is 0 Å². The number of rotatable bonds is 7. The standard InChI is InChI=1S/C14H19BrF3NO/c1-10(2)19-7-12(8-20-9-14(16,17)18)11-4-3-5-13(15)6-11/h3-6,10,12,19H,7-9H2,1-2H3. The molecule has 20 heavy (non-hydrogen) atoms. The highest BCUT2D eigenvalue weighted by Crippen LogP contribution is 2.22. The van der Waals surface area contributed by atoms with E-state index in [0.29, 0.717) is 6.54 Å². The molecular formula is C14H19BrF3NO. The van der Waals surface area contributed by atoms with Crippen LogP contribution in [0.1, 0.15) is 25.3 Å². The number of halogens is 4. The smallest absolute Gasteiger partial charge is 0.371 e. The van der Waals surface area contributed by atoms with Gasteiger partial charge in [0.2, 0.25) is 0 Å². The van der Waals surface area contributed by atoms with Crippen molar-refractivity contribution in [1.82, 2.24) is 5.32 Å². The quantitative estimate of drug-likeness (QED) is 0.796. The van der Waals surface area contributed by atoms with Gasteiger partial charge in [-0.3, -0.25) is 0 Å². The Kier molecular flexibility index (Phi) is 6.99. The minimum atomic E-state index is -4.28. The zero-order chi connectivity index (χ0) is 15.2. The fourth-order valence-corrected chi connectivity index (χ4v) is 2.15. The molecule has 1 aromatic carbocycles. The van der Waals surface area contributed by atoms with E-state index in [1.807, 2.05) is 38.1 Å². The second-order valence-corrected chi connectivity index (χ2v) is 5.86. The van der Waals surface area contributed by atoms with Crippen molar-refractivity contribution in [3.05, 3.63) is 34.3 Å². The second-order valence-electron chi connectivity index (χ2n) is 4.95. The summed E-state index contributed by atoms with van der Waals surface area (Å²) in [6.07, 6.45) is -4.28. The van der Waals surface area contributed by atoms with Crippen molar-refractivity contribution in [3.63, 3.8) is 0 Å². The molecule has 0 heterocycles. The van der Waals surface area contributed by atoms with Crippen LogP contribution in [0.15, 0.2) is 28.7 Å². The van der Waals surface area contributed by atoms with E-state index in [1.165, 1.54) is 0 Å². The van der Waals surface area contributed by atoms with Crippen molar-refractivity contribution >= 4 is 15.9 Å². The highest BCUT2D eigenvalue weighted by atomic mass is 79.9. The summed E-state index contributed by atoms with van der Waals surface area (Å²) in [6.45, 7) is 3.39. The Bertz CT molecular complexity index is 410. The number of hydrogen-bond acceptors (Lipinski definition) is 2. The maximum Gasteiger partial charge on any atom is 0.411 e. The third-order valence-electron chi connectivity index (χ3n) is 2.68. The van der Waals surface area contributed by atoms with E-state index in [2.05, 4.69) is 21.2 Å². The van der Waals surface area contributed by atoms with Gasteiger partial charge in [-0.25, -0.2) is 0 Å². The lowest BCUT2D eigenvalue weighted by atomic mass is 10.00. The van der Waals surface area contributed by atoms with Crippen LogP contribution in [-0.2, 0) is 4.74 Å². The Balaban J connectivity index is 2.65. The van der Waals surface area contributed by atoms with E-state index < -0.39 is 12.8 Å². The highest BCUT2D eigenvalue weighted by Gasteiger charge is 2.28. The topological polar surface area (TPSA) is 21.3 Å². The number of hydrogen-bond donors (Lipinski definition) is 1. The number of ether oxygens (including phenoxy) is 1. The predicted molar refractivity (Wildman–Crippen MR) is 76.9 cm³/mol. The van der Waals surface area contributed by atoms with Crippen LogP contribution in [0.5, 0.6) is 0 Å². The van der Waals surface area contributed by atoms with Gasteiger partial charge in [-0.1, -0.05) is 41.9 Å². The molecule has 0 aliphatic rings. The molecular weight excluding hydrogens is 335 g/mol. The first kappa shape index (κ1) is 17.5. The third kappa shape index (κ3) is 7.26. The van der Waals surface area contributed by atoms with E-state index in [0.717, 1.165) is 10.0 Å². The van der Waals surface area contributed by atoms with Crippen LogP contribution >= 0.6 is 15.9 Å². The van der Waals surface area contributed by atoms with Gasteiger partial charge in [0.15, 0.2) is 0 Å². The Labute approximate surface area is 125 Å². The number of nitrogens with one attached hydrogen (secondary N) is 1. The molecule has 0 saturated heterocycles. The lowest BCUT2D eigenvalue weighted by molar-refractivity contribution is -0.174. The molecule has 0 amide bonds. The van der Waals surface area contributed by atoms with Gasteiger partial charge in [0.1, 0.15) is 6.61 Å². The summed E-state index contributed by atoms with van der Waals surface area (Å²) in [5, 5.41) is 3.23. The molecule has 6 heteroatoms. The maximum absolute atomic E-state index is 12.1. The van der Waals surface area contributed by atoms with Crippen LogP contribution in [0, 0.1) is 0 Å². The maximum atomic E-state index is 12.1. The van der Waals surface area contributed by atoms with E-state index in [1.54, 1.807) is 0 Å². The molecule has 0 radical (unpaired) electrons. The van der Waals surface area contributed by atoms with Gasteiger partial charge in [0.25, 0.3) is 0 Å².